The summed E-state index contributed by atoms with van der Waals surface area (Å²) in [5.41, 5.74) is 2.02. The van der Waals surface area contributed by atoms with Gasteiger partial charge in [-0.1, -0.05) is 43.4 Å². The molecule has 0 unspecified atom stereocenters. The molecule has 3 rings (SSSR count). The summed E-state index contributed by atoms with van der Waals surface area (Å²) < 4.78 is 0. The van der Waals surface area contributed by atoms with Gasteiger partial charge in [-0.05, 0) is 42.1 Å². The molecule has 1 N–H and O–H groups in total. The van der Waals surface area contributed by atoms with Crippen molar-refractivity contribution in [1.82, 2.24) is 15.1 Å². The molecule has 0 aliphatic carbocycles. The highest BCUT2D eigenvalue weighted by molar-refractivity contribution is 7.13. The van der Waals surface area contributed by atoms with Crippen molar-refractivity contribution in [2.45, 2.75) is 33.4 Å². The van der Waals surface area contributed by atoms with Crippen molar-refractivity contribution in [3.63, 3.8) is 0 Å². The Hall–Kier alpha value is -2.09. The maximum Gasteiger partial charge on any atom is 0.286 e. The summed E-state index contributed by atoms with van der Waals surface area (Å²) in [5.74, 6) is -0.209. The Bertz CT molecular complexity index is 828. The van der Waals surface area contributed by atoms with Gasteiger partial charge in [0.05, 0.1) is 6.54 Å². The number of hydrogen-bond acceptors (Lipinski definition) is 6. The van der Waals surface area contributed by atoms with Gasteiger partial charge >= 0.3 is 0 Å². The molecule has 7 heteroatoms. The summed E-state index contributed by atoms with van der Waals surface area (Å²) >= 11 is 3.10. The molecule has 26 heavy (non-hydrogen) atoms. The van der Waals surface area contributed by atoms with Gasteiger partial charge in [0.2, 0.25) is 5.01 Å². The van der Waals surface area contributed by atoms with E-state index in [4.69, 9.17) is 0 Å². The van der Waals surface area contributed by atoms with E-state index >= 15 is 0 Å². The van der Waals surface area contributed by atoms with Crippen LogP contribution < -0.4 is 5.32 Å². The van der Waals surface area contributed by atoms with E-state index in [1.165, 1.54) is 21.8 Å². The number of rotatable bonds is 8. The first kappa shape index (κ1) is 18.7. The van der Waals surface area contributed by atoms with Crippen molar-refractivity contribution in [2.24, 2.45) is 0 Å². The van der Waals surface area contributed by atoms with Crippen LogP contribution in [-0.2, 0) is 19.5 Å². The minimum atomic E-state index is -0.209. The Balaban J connectivity index is 1.59. The SMILES string of the molecule is CCc1ccc(NC(=O)c2nnc(CN(CC)Cc3cccs3)s2)cc1. The topological polar surface area (TPSA) is 58.1 Å². The second-order valence-corrected chi connectivity index (χ2v) is 7.98. The number of benzene rings is 1. The first-order chi connectivity index (χ1) is 12.7. The third-order valence-electron chi connectivity index (χ3n) is 4.05. The fourth-order valence-electron chi connectivity index (χ4n) is 2.51. The summed E-state index contributed by atoms with van der Waals surface area (Å²) in [6.07, 6.45) is 0.980. The van der Waals surface area contributed by atoms with E-state index in [0.717, 1.165) is 30.2 Å². The summed E-state index contributed by atoms with van der Waals surface area (Å²) in [6, 6.07) is 12.1. The zero-order valence-corrected chi connectivity index (χ0v) is 16.6. The van der Waals surface area contributed by atoms with E-state index in [1.54, 1.807) is 11.3 Å². The van der Waals surface area contributed by atoms with Crippen LogP contribution in [0.25, 0.3) is 0 Å². The third-order valence-corrected chi connectivity index (χ3v) is 5.81. The van der Waals surface area contributed by atoms with E-state index in [0.29, 0.717) is 11.6 Å². The number of anilines is 1. The van der Waals surface area contributed by atoms with E-state index < -0.39 is 0 Å². The minimum absolute atomic E-state index is 0.209. The molecule has 0 spiro atoms. The predicted octanol–water partition coefficient (Wildman–Crippen LogP) is 4.44. The summed E-state index contributed by atoms with van der Waals surface area (Å²) in [4.78, 5) is 16.0. The van der Waals surface area contributed by atoms with E-state index in [9.17, 15) is 4.79 Å². The fraction of sp³-hybridized carbons (Fsp3) is 0.316. The molecule has 0 saturated heterocycles. The highest BCUT2D eigenvalue weighted by atomic mass is 32.1. The van der Waals surface area contributed by atoms with Gasteiger partial charge in [-0.25, -0.2) is 0 Å². The number of nitrogens with one attached hydrogen (secondary N) is 1. The Labute approximate surface area is 161 Å². The van der Waals surface area contributed by atoms with Gasteiger partial charge in [-0.2, -0.15) is 0 Å². The standard InChI is InChI=1S/C19H22N4OS2/c1-3-14-7-9-15(10-8-14)20-18(24)19-22-21-17(26-19)13-23(4-2)12-16-6-5-11-25-16/h5-11H,3-4,12-13H2,1-2H3,(H,20,24). The molecular formula is C19H22N4OS2. The Kier molecular flexibility index (Phi) is 6.49. The number of hydrogen-bond donors (Lipinski definition) is 1. The van der Waals surface area contributed by atoms with Crippen molar-refractivity contribution < 1.29 is 4.79 Å². The maximum atomic E-state index is 12.4. The zero-order valence-electron chi connectivity index (χ0n) is 14.9. The van der Waals surface area contributed by atoms with Gasteiger partial charge in [0.25, 0.3) is 5.91 Å². The van der Waals surface area contributed by atoms with Gasteiger partial charge in [0.1, 0.15) is 5.01 Å². The monoisotopic (exact) mass is 386 g/mol. The molecule has 2 aromatic heterocycles. The number of carbonyl (C=O) groups excluding carboxylic acids is 1. The lowest BCUT2D eigenvalue weighted by molar-refractivity contribution is 0.102. The molecule has 0 fully saturated rings. The largest absolute Gasteiger partial charge is 0.320 e. The Morgan fingerprint density at radius 2 is 1.92 bits per heavy atom. The minimum Gasteiger partial charge on any atom is -0.320 e. The van der Waals surface area contributed by atoms with Gasteiger partial charge in [-0.15, -0.1) is 21.5 Å². The van der Waals surface area contributed by atoms with Crippen molar-refractivity contribution in [3.8, 4) is 0 Å². The van der Waals surface area contributed by atoms with E-state index in [2.05, 4.69) is 51.8 Å². The third kappa shape index (κ3) is 4.97. The molecule has 0 aliphatic rings. The van der Waals surface area contributed by atoms with Crippen LogP contribution >= 0.6 is 22.7 Å². The second kappa shape index (κ2) is 9.02. The summed E-state index contributed by atoms with van der Waals surface area (Å²) in [7, 11) is 0. The van der Waals surface area contributed by atoms with Gasteiger partial charge < -0.3 is 5.32 Å². The molecule has 0 saturated carbocycles. The highest BCUT2D eigenvalue weighted by Gasteiger charge is 2.15. The van der Waals surface area contributed by atoms with Crippen molar-refractivity contribution in [1.29, 1.82) is 0 Å². The molecule has 0 aliphatic heterocycles. The van der Waals surface area contributed by atoms with Crippen LogP contribution in [0.15, 0.2) is 41.8 Å². The normalized spacial score (nSPS) is 11.0. The van der Waals surface area contributed by atoms with Crippen LogP contribution in [0.2, 0.25) is 0 Å². The molecule has 1 aromatic carbocycles. The smallest absolute Gasteiger partial charge is 0.286 e. The van der Waals surface area contributed by atoms with Crippen LogP contribution in [0.4, 0.5) is 5.69 Å². The van der Waals surface area contributed by atoms with Crippen LogP contribution in [-0.4, -0.2) is 27.5 Å². The van der Waals surface area contributed by atoms with Gasteiger partial charge in [-0.3, -0.25) is 9.69 Å². The lowest BCUT2D eigenvalue weighted by Crippen LogP contribution is -2.21. The Morgan fingerprint density at radius 1 is 1.12 bits per heavy atom. The number of aryl methyl sites for hydroxylation is 1. The highest BCUT2D eigenvalue weighted by Crippen LogP contribution is 2.18. The maximum absolute atomic E-state index is 12.4. The molecule has 0 radical (unpaired) electrons. The van der Waals surface area contributed by atoms with Crippen LogP contribution in [0.3, 0.4) is 0 Å². The molecule has 2 heterocycles. The van der Waals surface area contributed by atoms with Crippen molar-refractivity contribution >= 4 is 34.3 Å². The van der Waals surface area contributed by atoms with E-state index in [-0.39, 0.29) is 5.91 Å². The van der Waals surface area contributed by atoms with Gasteiger partial charge in [0.15, 0.2) is 0 Å². The number of nitrogens with zero attached hydrogens (tertiary/aromatic N) is 3. The predicted molar refractivity (Wildman–Crippen MR) is 108 cm³/mol. The molecular weight excluding hydrogens is 364 g/mol. The molecule has 0 atom stereocenters. The van der Waals surface area contributed by atoms with Crippen LogP contribution in [0.1, 0.15) is 39.1 Å². The first-order valence-electron chi connectivity index (χ1n) is 8.65. The average molecular weight is 387 g/mol. The number of aromatic nitrogens is 2. The average Bonchev–Trinajstić information content (AvgIpc) is 3.34. The lowest BCUT2D eigenvalue weighted by Gasteiger charge is -2.17. The number of thiophene rings is 1. The number of amides is 1. The molecule has 5 nitrogen and oxygen atoms in total. The molecule has 1 amide bonds. The van der Waals surface area contributed by atoms with Gasteiger partial charge in [0, 0.05) is 17.1 Å². The van der Waals surface area contributed by atoms with Crippen LogP contribution in [0.5, 0.6) is 0 Å². The fourth-order valence-corrected chi connectivity index (χ4v) is 4.03. The Morgan fingerprint density at radius 3 is 2.58 bits per heavy atom. The van der Waals surface area contributed by atoms with Crippen molar-refractivity contribution in [3.05, 3.63) is 62.2 Å². The molecule has 0 bridgehead atoms. The first-order valence-corrected chi connectivity index (χ1v) is 10.3. The number of carbonyl (C=O) groups is 1. The van der Waals surface area contributed by atoms with Crippen LogP contribution in [0, 0.1) is 0 Å². The quantitative estimate of drug-likeness (QED) is 0.622. The lowest BCUT2D eigenvalue weighted by atomic mass is 10.1. The molecule has 3 aromatic rings. The summed E-state index contributed by atoms with van der Waals surface area (Å²) in [5, 5.41) is 14.5. The van der Waals surface area contributed by atoms with Crippen molar-refractivity contribution in [2.75, 3.05) is 11.9 Å². The summed E-state index contributed by atoms with van der Waals surface area (Å²) in [6.45, 7) is 6.74. The second-order valence-electron chi connectivity index (χ2n) is 5.89. The molecule has 136 valence electrons. The zero-order chi connectivity index (χ0) is 18.4. The van der Waals surface area contributed by atoms with E-state index in [1.807, 2.05) is 24.3 Å².